The summed E-state index contributed by atoms with van der Waals surface area (Å²) in [5.74, 6) is -0.0304. The monoisotopic (exact) mass is 200 g/mol. The van der Waals surface area contributed by atoms with Crippen LogP contribution in [0.1, 0.15) is 0 Å². The molecular formula is C8H9ClN2O2. The van der Waals surface area contributed by atoms with Gasteiger partial charge in [0.25, 0.3) is 0 Å². The minimum absolute atomic E-state index is 0. The molecule has 2 rings (SSSR count). The van der Waals surface area contributed by atoms with Gasteiger partial charge in [0.2, 0.25) is 0 Å². The highest BCUT2D eigenvalue weighted by molar-refractivity contribution is 6.01. The summed E-state index contributed by atoms with van der Waals surface area (Å²) < 4.78 is 0. The van der Waals surface area contributed by atoms with Gasteiger partial charge in [-0.15, -0.1) is 12.4 Å². The van der Waals surface area contributed by atoms with E-state index in [2.05, 4.69) is 4.99 Å². The zero-order valence-corrected chi connectivity index (χ0v) is 7.62. The van der Waals surface area contributed by atoms with Crippen LogP contribution in [0.4, 0.5) is 0 Å². The van der Waals surface area contributed by atoms with Crippen molar-refractivity contribution in [1.82, 2.24) is 4.90 Å². The van der Waals surface area contributed by atoms with Gasteiger partial charge < -0.3 is 10.0 Å². The first kappa shape index (κ1) is 9.80. The van der Waals surface area contributed by atoms with Crippen LogP contribution in [0.5, 0.6) is 0 Å². The molecule has 0 fully saturated rings. The Balaban J connectivity index is 0.000000845. The van der Waals surface area contributed by atoms with Crippen LogP contribution in [0.2, 0.25) is 0 Å². The molecule has 70 valence electrons. The van der Waals surface area contributed by atoms with E-state index < -0.39 is 5.97 Å². The van der Waals surface area contributed by atoms with Gasteiger partial charge in [0.1, 0.15) is 5.84 Å². The van der Waals surface area contributed by atoms with Crippen molar-refractivity contribution in [2.24, 2.45) is 4.99 Å². The quantitative estimate of drug-likeness (QED) is 0.677. The fraction of sp³-hybridized carbons (Fsp3) is 0.250. The molecule has 5 heteroatoms. The molecule has 0 saturated heterocycles. The molecule has 0 aromatic rings. The standard InChI is InChI=1S/C8H8N2O2.ClH/c11-8(12)6-1-2-7-9-3-4-10(7)5-6;/h1-2,5H,3-4H2,(H,11,12);1H. The smallest absolute Gasteiger partial charge is 0.337 e. The van der Waals surface area contributed by atoms with Crippen LogP contribution in [0.25, 0.3) is 0 Å². The molecule has 0 atom stereocenters. The van der Waals surface area contributed by atoms with Crippen molar-refractivity contribution in [2.45, 2.75) is 0 Å². The molecule has 0 spiro atoms. The van der Waals surface area contributed by atoms with Gasteiger partial charge >= 0.3 is 5.97 Å². The Hall–Kier alpha value is -1.29. The summed E-state index contributed by atoms with van der Waals surface area (Å²) in [7, 11) is 0. The lowest BCUT2D eigenvalue weighted by Crippen LogP contribution is -2.24. The highest BCUT2D eigenvalue weighted by Gasteiger charge is 2.18. The van der Waals surface area contributed by atoms with Crippen LogP contribution in [0.15, 0.2) is 28.9 Å². The van der Waals surface area contributed by atoms with Crippen molar-refractivity contribution < 1.29 is 9.90 Å². The average molecular weight is 201 g/mol. The molecular weight excluding hydrogens is 192 g/mol. The summed E-state index contributed by atoms with van der Waals surface area (Å²) in [5.41, 5.74) is 0.316. The average Bonchev–Trinajstić information content (AvgIpc) is 2.49. The van der Waals surface area contributed by atoms with E-state index >= 15 is 0 Å². The van der Waals surface area contributed by atoms with Gasteiger partial charge in [0.15, 0.2) is 0 Å². The maximum atomic E-state index is 10.6. The van der Waals surface area contributed by atoms with Gasteiger partial charge in [0.05, 0.1) is 12.1 Å². The molecule has 0 bridgehead atoms. The number of fused-ring (bicyclic) bond motifs is 1. The van der Waals surface area contributed by atoms with E-state index in [0.29, 0.717) is 5.57 Å². The van der Waals surface area contributed by atoms with Crippen molar-refractivity contribution in [1.29, 1.82) is 0 Å². The van der Waals surface area contributed by atoms with Gasteiger partial charge in [-0.2, -0.15) is 0 Å². The molecule has 1 N–H and O–H groups in total. The van der Waals surface area contributed by atoms with Gasteiger partial charge in [0, 0.05) is 12.7 Å². The number of carbonyl (C=O) groups is 1. The Bertz CT molecular complexity index is 320. The molecule has 0 saturated carbocycles. The molecule has 0 aromatic heterocycles. The lowest BCUT2D eigenvalue weighted by Gasteiger charge is -2.16. The lowest BCUT2D eigenvalue weighted by atomic mass is 10.2. The van der Waals surface area contributed by atoms with Crippen LogP contribution < -0.4 is 0 Å². The fourth-order valence-corrected chi connectivity index (χ4v) is 1.26. The minimum Gasteiger partial charge on any atom is -0.478 e. The second kappa shape index (κ2) is 3.62. The van der Waals surface area contributed by atoms with Gasteiger partial charge in [-0.1, -0.05) is 0 Å². The number of carboxylic acids is 1. The Morgan fingerprint density at radius 1 is 1.54 bits per heavy atom. The lowest BCUT2D eigenvalue weighted by molar-refractivity contribution is -0.132. The van der Waals surface area contributed by atoms with Crippen LogP contribution in [-0.2, 0) is 4.79 Å². The third-order valence-corrected chi connectivity index (χ3v) is 1.86. The van der Waals surface area contributed by atoms with E-state index in [1.165, 1.54) is 0 Å². The largest absolute Gasteiger partial charge is 0.478 e. The molecule has 0 amide bonds. The van der Waals surface area contributed by atoms with Crippen LogP contribution in [0.3, 0.4) is 0 Å². The number of nitrogens with zero attached hydrogens (tertiary/aromatic N) is 2. The highest BCUT2D eigenvalue weighted by atomic mass is 35.5. The molecule has 0 aliphatic carbocycles. The number of carboxylic acid groups (broad SMARTS) is 1. The van der Waals surface area contributed by atoms with Crippen LogP contribution >= 0.6 is 12.4 Å². The third-order valence-electron chi connectivity index (χ3n) is 1.86. The predicted octanol–water partition coefficient (Wildman–Crippen LogP) is 0.661. The summed E-state index contributed by atoms with van der Waals surface area (Å²) in [6.07, 6.45) is 4.92. The second-order valence-electron chi connectivity index (χ2n) is 2.66. The Kier molecular flexibility index (Phi) is 2.72. The summed E-state index contributed by atoms with van der Waals surface area (Å²) in [6, 6.07) is 0. The van der Waals surface area contributed by atoms with Gasteiger partial charge in [-0.05, 0) is 12.2 Å². The Morgan fingerprint density at radius 2 is 2.31 bits per heavy atom. The number of aliphatic carboxylic acids is 1. The number of rotatable bonds is 1. The summed E-state index contributed by atoms with van der Waals surface area (Å²) in [6.45, 7) is 1.54. The van der Waals surface area contributed by atoms with E-state index in [1.807, 2.05) is 4.90 Å². The van der Waals surface area contributed by atoms with E-state index in [0.717, 1.165) is 18.9 Å². The Labute approximate surface area is 81.7 Å². The zero-order valence-electron chi connectivity index (χ0n) is 6.80. The number of hydrogen-bond donors (Lipinski definition) is 1. The molecule has 0 radical (unpaired) electrons. The topological polar surface area (TPSA) is 52.9 Å². The molecule has 0 unspecified atom stereocenters. The summed E-state index contributed by atoms with van der Waals surface area (Å²) >= 11 is 0. The maximum absolute atomic E-state index is 10.6. The summed E-state index contributed by atoms with van der Waals surface area (Å²) in [4.78, 5) is 16.6. The van der Waals surface area contributed by atoms with Crippen LogP contribution in [-0.4, -0.2) is 34.9 Å². The molecule has 0 aromatic carbocycles. The molecule has 2 aliphatic heterocycles. The number of aliphatic imine (C=N–C) groups is 1. The van der Waals surface area contributed by atoms with Crippen LogP contribution in [0, 0.1) is 0 Å². The first-order valence-corrected chi connectivity index (χ1v) is 3.71. The fourth-order valence-electron chi connectivity index (χ4n) is 1.26. The first-order valence-electron chi connectivity index (χ1n) is 3.71. The second-order valence-corrected chi connectivity index (χ2v) is 2.66. The maximum Gasteiger partial charge on any atom is 0.337 e. The zero-order chi connectivity index (χ0) is 8.55. The SMILES string of the molecule is Cl.O=C(O)C1=CN2CCN=C2C=C1. The normalized spacial score (nSPS) is 18.6. The van der Waals surface area contributed by atoms with Crippen molar-refractivity contribution in [2.75, 3.05) is 13.1 Å². The predicted molar refractivity (Wildman–Crippen MR) is 51.1 cm³/mol. The van der Waals surface area contributed by atoms with E-state index in [4.69, 9.17) is 5.11 Å². The molecule has 2 heterocycles. The van der Waals surface area contributed by atoms with Crippen molar-refractivity contribution >= 4 is 24.2 Å². The van der Waals surface area contributed by atoms with E-state index in [9.17, 15) is 4.79 Å². The number of hydrogen-bond acceptors (Lipinski definition) is 3. The van der Waals surface area contributed by atoms with Crippen molar-refractivity contribution in [3.8, 4) is 0 Å². The Morgan fingerprint density at radius 3 is 3.00 bits per heavy atom. The van der Waals surface area contributed by atoms with Gasteiger partial charge in [-0.3, -0.25) is 4.99 Å². The van der Waals surface area contributed by atoms with Crippen molar-refractivity contribution in [3.05, 3.63) is 23.9 Å². The third kappa shape index (κ3) is 1.72. The van der Waals surface area contributed by atoms with E-state index in [1.54, 1.807) is 18.4 Å². The highest BCUT2D eigenvalue weighted by Crippen LogP contribution is 2.13. The number of halogens is 1. The molecule has 4 nitrogen and oxygen atoms in total. The minimum atomic E-state index is -0.891. The summed E-state index contributed by atoms with van der Waals surface area (Å²) in [5, 5.41) is 8.67. The molecule has 2 aliphatic rings. The first-order chi connectivity index (χ1) is 5.77. The number of amidine groups is 1. The van der Waals surface area contributed by atoms with Gasteiger partial charge in [-0.25, -0.2) is 4.79 Å². The van der Waals surface area contributed by atoms with E-state index in [-0.39, 0.29) is 12.4 Å². The molecule has 13 heavy (non-hydrogen) atoms. The van der Waals surface area contributed by atoms with Crippen molar-refractivity contribution in [3.63, 3.8) is 0 Å².